The van der Waals surface area contributed by atoms with Crippen LogP contribution in [0.25, 0.3) is 5.82 Å². The van der Waals surface area contributed by atoms with E-state index in [4.69, 9.17) is 0 Å². The van der Waals surface area contributed by atoms with E-state index in [0.717, 1.165) is 52.4 Å². The van der Waals surface area contributed by atoms with Crippen molar-refractivity contribution in [2.45, 2.75) is 25.7 Å². The third-order valence-electron chi connectivity index (χ3n) is 5.54. The number of hydrogen-bond donors (Lipinski definition) is 0. The maximum Gasteiger partial charge on any atom is 0.253 e. The van der Waals surface area contributed by atoms with E-state index in [-0.39, 0.29) is 5.91 Å². The van der Waals surface area contributed by atoms with Gasteiger partial charge in [-0.15, -0.1) is 11.8 Å². The molecular weight excluding hydrogens is 396 g/mol. The summed E-state index contributed by atoms with van der Waals surface area (Å²) in [6, 6.07) is 9.82. The second-order valence-electron chi connectivity index (χ2n) is 7.42. The van der Waals surface area contributed by atoms with Crippen molar-refractivity contribution in [1.82, 2.24) is 24.4 Å². The Hall–Kier alpha value is -2.87. The van der Waals surface area contributed by atoms with Crippen molar-refractivity contribution in [3.8, 4) is 5.82 Å². The van der Waals surface area contributed by atoms with Gasteiger partial charge in [0.1, 0.15) is 23.8 Å². The number of piperazine rings is 1. The highest BCUT2D eigenvalue weighted by molar-refractivity contribution is 7.98. The van der Waals surface area contributed by atoms with E-state index < -0.39 is 0 Å². The summed E-state index contributed by atoms with van der Waals surface area (Å²) in [5.74, 6) is 2.52. The van der Waals surface area contributed by atoms with Crippen molar-refractivity contribution in [2.24, 2.45) is 0 Å². The van der Waals surface area contributed by atoms with Crippen LogP contribution in [0.4, 0.5) is 5.82 Å². The minimum Gasteiger partial charge on any atom is -0.353 e. The molecule has 1 aromatic carbocycles. The van der Waals surface area contributed by atoms with Gasteiger partial charge < -0.3 is 9.80 Å². The number of rotatable bonds is 4. The van der Waals surface area contributed by atoms with Gasteiger partial charge in [0.15, 0.2) is 0 Å². The van der Waals surface area contributed by atoms with Gasteiger partial charge in [-0.05, 0) is 51.3 Å². The van der Waals surface area contributed by atoms with Crippen LogP contribution < -0.4 is 4.90 Å². The van der Waals surface area contributed by atoms with Crippen molar-refractivity contribution in [3.63, 3.8) is 0 Å². The number of aryl methyl sites for hydroxylation is 2. The van der Waals surface area contributed by atoms with Gasteiger partial charge in [0, 0.05) is 48.4 Å². The summed E-state index contributed by atoms with van der Waals surface area (Å²) in [5.41, 5.74) is 2.81. The number of hydrogen-bond acceptors (Lipinski definition) is 6. The zero-order valence-corrected chi connectivity index (χ0v) is 18.6. The quantitative estimate of drug-likeness (QED) is 0.601. The lowest BCUT2D eigenvalue weighted by Gasteiger charge is -2.35. The molecule has 0 aliphatic carbocycles. The molecule has 1 amide bonds. The Morgan fingerprint density at radius 2 is 1.63 bits per heavy atom. The lowest BCUT2D eigenvalue weighted by atomic mass is 10.2. The Kier molecular flexibility index (Phi) is 5.76. The molecule has 2 aromatic heterocycles. The number of imidazole rings is 1. The van der Waals surface area contributed by atoms with Crippen LogP contribution in [-0.2, 0) is 0 Å². The Balaban J connectivity index is 1.47. The largest absolute Gasteiger partial charge is 0.353 e. The molecule has 0 spiro atoms. The molecule has 1 saturated heterocycles. The highest BCUT2D eigenvalue weighted by Crippen LogP contribution is 2.21. The van der Waals surface area contributed by atoms with Crippen molar-refractivity contribution in [3.05, 3.63) is 59.4 Å². The first-order valence-corrected chi connectivity index (χ1v) is 11.2. The lowest BCUT2D eigenvalue weighted by molar-refractivity contribution is 0.0746. The third-order valence-corrected chi connectivity index (χ3v) is 6.28. The summed E-state index contributed by atoms with van der Waals surface area (Å²) in [7, 11) is 0. The number of nitrogens with zero attached hydrogens (tertiary/aromatic N) is 6. The summed E-state index contributed by atoms with van der Waals surface area (Å²) in [6.07, 6.45) is 3.83. The van der Waals surface area contributed by atoms with Gasteiger partial charge in [0.05, 0.1) is 5.69 Å². The Morgan fingerprint density at radius 3 is 2.23 bits per heavy atom. The van der Waals surface area contributed by atoms with Crippen molar-refractivity contribution >= 4 is 23.5 Å². The van der Waals surface area contributed by atoms with Gasteiger partial charge in [-0.25, -0.2) is 15.0 Å². The summed E-state index contributed by atoms with van der Waals surface area (Å²) >= 11 is 1.68. The standard InChI is InChI=1S/C22H26N6OS/c1-15-16(2)28(14-23-15)21-13-20(24-17(3)25-21)26-9-11-27(12-10-26)22(29)18-5-7-19(30-4)8-6-18/h5-8,13-14H,9-12H2,1-4H3. The Labute approximate surface area is 181 Å². The average Bonchev–Trinajstić information content (AvgIpc) is 3.11. The number of carbonyl (C=O) groups is 1. The fraction of sp³-hybridized carbons (Fsp3) is 0.364. The normalized spacial score (nSPS) is 14.3. The average molecular weight is 423 g/mol. The van der Waals surface area contributed by atoms with Crippen LogP contribution >= 0.6 is 11.8 Å². The summed E-state index contributed by atoms with van der Waals surface area (Å²) in [6.45, 7) is 8.76. The predicted molar refractivity (Wildman–Crippen MR) is 120 cm³/mol. The molecule has 0 unspecified atom stereocenters. The molecule has 156 valence electrons. The molecule has 0 N–H and O–H groups in total. The van der Waals surface area contributed by atoms with Crippen LogP contribution in [0.2, 0.25) is 0 Å². The first-order valence-electron chi connectivity index (χ1n) is 10.0. The number of benzene rings is 1. The van der Waals surface area contributed by atoms with E-state index in [1.54, 1.807) is 18.1 Å². The minimum atomic E-state index is 0.0892. The second kappa shape index (κ2) is 8.47. The lowest BCUT2D eigenvalue weighted by Crippen LogP contribution is -2.49. The second-order valence-corrected chi connectivity index (χ2v) is 8.30. The zero-order valence-electron chi connectivity index (χ0n) is 17.8. The van der Waals surface area contributed by atoms with Gasteiger partial charge in [-0.1, -0.05) is 0 Å². The highest BCUT2D eigenvalue weighted by atomic mass is 32.2. The first-order chi connectivity index (χ1) is 14.5. The van der Waals surface area contributed by atoms with Crippen LogP contribution in [0.1, 0.15) is 27.6 Å². The maximum absolute atomic E-state index is 12.8. The van der Waals surface area contributed by atoms with Gasteiger partial charge in [-0.2, -0.15) is 0 Å². The molecule has 1 fully saturated rings. The molecule has 3 aromatic rings. The molecule has 1 aliphatic heterocycles. The molecular formula is C22H26N6OS. The minimum absolute atomic E-state index is 0.0892. The molecule has 3 heterocycles. The molecule has 0 saturated carbocycles. The monoisotopic (exact) mass is 422 g/mol. The fourth-order valence-electron chi connectivity index (χ4n) is 3.61. The number of amides is 1. The Morgan fingerprint density at radius 1 is 0.967 bits per heavy atom. The topological polar surface area (TPSA) is 67.2 Å². The molecule has 30 heavy (non-hydrogen) atoms. The van der Waals surface area contributed by atoms with Crippen molar-refractivity contribution in [1.29, 1.82) is 0 Å². The zero-order chi connectivity index (χ0) is 21.3. The van der Waals surface area contributed by atoms with Crippen LogP contribution in [0.5, 0.6) is 0 Å². The molecule has 0 radical (unpaired) electrons. The molecule has 8 heteroatoms. The van der Waals surface area contributed by atoms with E-state index in [0.29, 0.717) is 13.1 Å². The highest BCUT2D eigenvalue weighted by Gasteiger charge is 2.23. The van der Waals surface area contributed by atoms with Crippen molar-refractivity contribution < 1.29 is 4.79 Å². The van der Waals surface area contributed by atoms with E-state index in [9.17, 15) is 4.79 Å². The molecule has 7 nitrogen and oxygen atoms in total. The van der Waals surface area contributed by atoms with Crippen LogP contribution in [0.3, 0.4) is 0 Å². The number of aromatic nitrogens is 4. The van der Waals surface area contributed by atoms with Gasteiger partial charge >= 0.3 is 0 Å². The number of anilines is 1. The van der Waals surface area contributed by atoms with Gasteiger partial charge in [0.2, 0.25) is 0 Å². The van der Waals surface area contributed by atoms with Gasteiger partial charge in [0.25, 0.3) is 5.91 Å². The maximum atomic E-state index is 12.8. The summed E-state index contributed by atoms with van der Waals surface area (Å²) in [4.78, 5) is 31.7. The van der Waals surface area contributed by atoms with E-state index in [2.05, 4.69) is 19.9 Å². The first kappa shape index (κ1) is 20.4. The number of thioether (sulfide) groups is 1. The van der Waals surface area contributed by atoms with Crippen LogP contribution in [-0.4, -0.2) is 62.8 Å². The SMILES string of the molecule is CSc1ccc(C(=O)N2CCN(c3cc(-n4cnc(C)c4C)nc(C)n3)CC2)cc1. The fourth-order valence-corrected chi connectivity index (χ4v) is 4.01. The van der Waals surface area contributed by atoms with Gasteiger partial charge in [-0.3, -0.25) is 9.36 Å². The third kappa shape index (κ3) is 4.05. The van der Waals surface area contributed by atoms with Crippen LogP contribution in [0.15, 0.2) is 41.6 Å². The predicted octanol–water partition coefficient (Wildman–Crippen LogP) is 3.27. The van der Waals surface area contributed by atoms with E-state index in [1.807, 2.05) is 66.8 Å². The number of carbonyl (C=O) groups excluding carboxylic acids is 1. The van der Waals surface area contributed by atoms with Crippen LogP contribution in [0, 0.1) is 20.8 Å². The smallest absolute Gasteiger partial charge is 0.253 e. The molecule has 4 rings (SSSR count). The summed E-state index contributed by atoms with van der Waals surface area (Å²) < 4.78 is 1.99. The molecule has 0 atom stereocenters. The van der Waals surface area contributed by atoms with E-state index in [1.165, 1.54) is 0 Å². The molecule has 1 aliphatic rings. The molecule has 0 bridgehead atoms. The van der Waals surface area contributed by atoms with Crippen molar-refractivity contribution in [2.75, 3.05) is 37.3 Å². The van der Waals surface area contributed by atoms with E-state index >= 15 is 0 Å². The summed E-state index contributed by atoms with van der Waals surface area (Å²) in [5, 5.41) is 0. The Bertz CT molecular complexity index is 1050.